The summed E-state index contributed by atoms with van der Waals surface area (Å²) in [6.45, 7) is 2.13. The van der Waals surface area contributed by atoms with Gasteiger partial charge in [-0.25, -0.2) is 4.98 Å². The molecule has 0 saturated carbocycles. The molecule has 4 heteroatoms. The van der Waals surface area contributed by atoms with E-state index in [1.165, 1.54) is 0 Å². The maximum absolute atomic E-state index is 8.97. The first-order chi connectivity index (χ1) is 8.19. The smallest absolute Gasteiger partial charge is 0.104 e. The standard InChI is InChI=1S/C13H12BrNOS/c1-9-6-11(14)7-15-13(9)17-12-4-2-10(8-16)3-5-12/h2-7,16H,8H2,1H3. The van der Waals surface area contributed by atoms with Gasteiger partial charge in [-0.05, 0) is 52.2 Å². The van der Waals surface area contributed by atoms with E-state index in [4.69, 9.17) is 5.11 Å². The molecule has 0 aliphatic carbocycles. The number of pyridine rings is 1. The van der Waals surface area contributed by atoms with Crippen LogP contribution in [-0.4, -0.2) is 10.1 Å². The number of hydrogen-bond donors (Lipinski definition) is 1. The van der Waals surface area contributed by atoms with Gasteiger partial charge in [0.2, 0.25) is 0 Å². The molecule has 1 N–H and O–H groups in total. The zero-order chi connectivity index (χ0) is 12.3. The summed E-state index contributed by atoms with van der Waals surface area (Å²) >= 11 is 5.03. The fraction of sp³-hybridized carbons (Fsp3) is 0.154. The lowest BCUT2D eigenvalue weighted by Crippen LogP contribution is -1.86. The van der Waals surface area contributed by atoms with Crippen molar-refractivity contribution < 1.29 is 5.11 Å². The summed E-state index contributed by atoms with van der Waals surface area (Å²) in [5, 5.41) is 9.97. The van der Waals surface area contributed by atoms with Crippen molar-refractivity contribution in [1.82, 2.24) is 4.98 Å². The van der Waals surface area contributed by atoms with E-state index in [1.54, 1.807) is 18.0 Å². The molecule has 0 aliphatic heterocycles. The van der Waals surface area contributed by atoms with E-state index in [0.29, 0.717) is 0 Å². The topological polar surface area (TPSA) is 33.1 Å². The van der Waals surface area contributed by atoms with Crippen LogP contribution in [-0.2, 0) is 6.61 Å². The molecule has 1 aromatic heterocycles. The minimum atomic E-state index is 0.0838. The van der Waals surface area contributed by atoms with Crippen LogP contribution in [0.2, 0.25) is 0 Å². The van der Waals surface area contributed by atoms with Crippen LogP contribution in [0.15, 0.2) is 50.9 Å². The SMILES string of the molecule is Cc1cc(Br)cnc1Sc1ccc(CO)cc1. The molecule has 0 spiro atoms. The minimum Gasteiger partial charge on any atom is -0.392 e. The molecule has 2 aromatic rings. The van der Waals surface area contributed by atoms with Gasteiger partial charge in [-0.15, -0.1) is 0 Å². The largest absolute Gasteiger partial charge is 0.392 e. The first-order valence-corrected chi connectivity index (χ1v) is 6.80. The number of rotatable bonds is 3. The summed E-state index contributed by atoms with van der Waals surface area (Å²) in [4.78, 5) is 5.51. The van der Waals surface area contributed by atoms with Gasteiger partial charge in [0.25, 0.3) is 0 Å². The van der Waals surface area contributed by atoms with Gasteiger partial charge in [-0.3, -0.25) is 0 Å². The van der Waals surface area contributed by atoms with Gasteiger partial charge < -0.3 is 5.11 Å². The zero-order valence-corrected chi connectivity index (χ0v) is 11.8. The van der Waals surface area contributed by atoms with Crippen molar-refractivity contribution in [2.24, 2.45) is 0 Å². The highest BCUT2D eigenvalue weighted by atomic mass is 79.9. The predicted octanol–water partition coefficient (Wildman–Crippen LogP) is 3.80. The lowest BCUT2D eigenvalue weighted by atomic mass is 10.2. The number of hydrogen-bond acceptors (Lipinski definition) is 3. The maximum atomic E-state index is 8.97. The maximum Gasteiger partial charge on any atom is 0.104 e. The molecule has 2 nitrogen and oxygen atoms in total. The van der Waals surface area contributed by atoms with Crippen LogP contribution in [0.25, 0.3) is 0 Å². The van der Waals surface area contributed by atoms with Crippen molar-refractivity contribution in [1.29, 1.82) is 0 Å². The normalized spacial score (nSPS) is 10.5. The Labute approximate surface area is 113 Å². The van der Waals surface area contributed by atoms with Crippen molar-refractivity contribution in [3.63, 3.8) is 0 Å². The van der Waals surface area contributed by atoms with Gasteiger partial charge in [0.05, 0.1) is 6.61 Å². The molecular formula is C13H12BrNOS. The van der Waals surface area contributed by atoms with E-state index in [1.807, 2.05) is 31.2 Å². The fourth-order valence-corrected chi connectivity index (χ4v) is 2.68. The van der Waals surface area contributed by atoms with Crippen LogP contribution < -0.4 is 0 Å². The first kappa shape index (κ1) is 12.6. The van der Waals surface area contributed by atoms with Crippen molar-refractivity contribution in [2.75, 3.05) is 0 Å². The molecule has 0 amide bonds. The highest BCUT2D eigenvalue weighted by Crippen LogP contribution is 2.29. The summed E-state index contributed by atoms with van der Waals surface area (Å²) in [5.41, 5.74) is 2.07. The third-order valence-electron chi connectivity index (χ3n) is 2.32. The second kappa shape index (κ2) is 5.67. The average molecular weight is 310 g/mol. The second-order valence-corrected chi connectivity index (χ2v) is 5.66. The average Bonchev–Trinajstić information content (AvgIpc) is 2.34. The van der Waals surface area contributed by atoms with Gasteiger partial charge in [0.1, 0.15) is 5.03 Å². The fourth-order valence-electron chi connectivity index (χ4n) is 1.41. The Kier molecular flexibility index (Phi) is 4.20. The lowest BCUT2D eigenvalue weighted by molar-refractivity contribution is 0.282. The van der Waals surface area contributed by atoms with Gasteiger partial charge in [0.15, 0.2) is 0 Å². The van der Waals surface area contributed by atoms with Crippen molar-refractivity contribution in [3.8, 4) is 0 Å². The predicted molar refractivity (Wildman–Crippen MR) is 73.2 cm³/mol. The Morgan fingerprint density at radius 3 is 2.59 bits per heavy atom. The summed E-state index contributed by atoms with van der Waals surface area (Å²) in [6.07, 6.45) is 1.80. The number of aliphatic hydroxyl groups excluding tert-OH is 1. The zero-order valence-electron chi connectivity index (χ0n) is 9.35. The number of aryl methyl sites for hydroxylation is 1. The Hall–Kier alpha value is -0.840. The number of halogens is 1. The Balaban J connectivity index is 2.19. The molecule has 0 bridgehead atoms. The Morgan fingerprint density at radius 2 is 2.00 bits per heavy atom. The van der Waals surface area contributed by atoms with Crippen molar-refractivity contribution in [2.45, 2.75) is 23.5 Å². The van der Waals surface area contributed by atoms with E-state index in [0.717, 1.165) is 25.5 Å². The molecule has 17 heavy (non-hydrogen) atoms. The van der Waals surface area contributed by atoms with E-state index in [9.17, 15) is 0 Å². The monoisotopic (exact) mass is 309 g/mol. The highest BCUT2D eigenvalue weighted by molar-refractivity contribution is 9.10. The molecule has 88 valence electrons. The van der Waals surface area contributed by atoms with Crippen LogP contribution in [0.3, 0.4) is 0 Å². The summed E-state index contributed by atoms with van der Waals surface area (Å²) in [7, 11) is 0. The van der Waals surface area contributed by atoms with Gasteiger partial charge in [-0.1, -0.05) is 23.9 Å². The van der Waals surface area contributed by atoms with Gasteiger partial charge in [-0.2, -0.15) is 0 Å². The van der Waals surface area contributed by atoms with Crippen LogP contribution in [0.1, 0.15) is 11.1 Å². The number of nitrogens with zero attached hydrogens (tertiary/aromatic N) is 1. The molecule has 0 fully saturated rings. The number of aliphatic hydroxyl groups is 1. The molecular weight excluding hydrogens is 298 g/mol. The lowest BCUT2D eigenvalue weighted by Gasteiger charge is -2.05. The van der Waals surface area contributed by atoms with Crippen LogP contribution >= 0.6 is 27.7 Å². The molecule has 0 atom stereocenters. The number of benzene rings is 1. The summed E-state index contributed by atoms with van der Waals surface area (Å²) in [6, 6.07) is 9.91. The Morgan fingerprint density at radius 1 is 1.29 bits per heavy atom. The summed E-state index contributed by atoms with van der Waals surface area (Å²) < 4.78 is 0.995. The third-order valence-corrected chi connectivity index (χ3v) is 3.88. The molecule has 1 aromatic carbocycles. The third kappa shape index (κ3) is 3.31. The van der Waals surface area contributed by atoms with E-state index >= 15 is 0 Å². The van der Waals surface area contributed by atoms with Crippen LogP contribution in [0, 0.1) is 6.92 Å². The quantitative estimate of drug-likeness (QED) is 0.936. The first-order valence-electron chi connectivity index (χ1n) is 5.19. The van der Waals surface area contributed by atoms with E-state index in [-0.39, 0.29) is 6.61 Å². The Bertz CT molecular complexity index is 513. The van der Waals surface area contributed by atoms with Crippen molar-refractivity contribution in [3.05, 3.63) is 52.1 Å². The highest BCUT2D eigenvalue weighted by Gasteiger charge is 2.03. The van der Waals surface area contributed by atoms with E-state index < -0.39 is 0 Å². The summed E-state index contributed by atoms with van der Waals surface area (Å²) in [5.74, 6) is 0. The van der Waals surface area contributed by atoms with E-state index in [2.05, 4.69) is 27.0 Å². The molecule has 0 saturated heterocycles. The second-order valence-electron chi connectivity index (χ2n) is 3.68. The van der Waals surface area contributed by atoms with Crippen LogP contribution in [0.5, 0.6) is 0 Å². The van der Waals surface area contributed by atoms with Crippen molar-refractivity contribution >= 4 is 27.7 Å². The molecule has 0 radical (unpaired) electrons. The molecule has 2 rings (SSSR count). The molecule has 0 unspecified atom stereocenters. The molecule has 1 heterocycles. The van der Waals surface area contributed by atoms with Gasteiger partial charge >= 0.3 is 0 Å². The van der Waals surface area contributed by atoms with Gasteiger partial charge in [0, 0.05) is 15.6 Å². The number of aromatic nitrogens is 1. The molecule has 0 aliphatic rings. The minimum absolute atomic E-state index is 0.0838. The van der Waals surface area contributed by atoms with Crippen LogP contribution in [0.4, 0.5) is 0 Å².